The van der Waals surface area contributed by atoms with Crippen molar-refractivity contribution in [1.29, 1.82) is 0 Å². The maximum absolute atomic E-state index is 13.6. The minimum Gasteiger partial charge on any atom is -0.444 e. The third kappa shape index (κ3) is 12.5. The summed E-state index contributed by atoms with van der Waals surface area (Å²) in [5.41, 5.74) is 8.28. The number of benzene rings is 2. The number of nitrogens with zero attached hydrogens (tertiary/aromatic N) is 1. The van der Waals surface area contributed by atoms with Crippen molar-refractivity contribution in [3.05, 3.63) is 71.8 Å². The SMILES string of the molecule is CCOC(CN(CCC(c1ccccc1)c1ccccc1)C(=O)[C@@H](N)CCCCNC(=O)OC(C)(C)C)OCC. The van der Waals surface area contributed by atoms with E-state index in [0.717, 1.165) is 6.42 Å². The van der Waals surface area contributed by atoms with Gasteiger partial charge >= 0.3 is 6.09 Å². The standard InChI is InChI=1S/C32H49N3O5/c1-6-38-29(39-7-2)24-35(30(36)28(33)20-14-15-22-34-31(37)40-32(3,4)5)23-21-27(25-16-10-8-11-17-25)26-18-12-9-13-19-26/h8-13,16-19,27-29H,6-7,14-15,20-24,33H2,1-5H3,(H,34,37)/t28-/m0/s1. The second kappa shape index (κ2) is 17.7. The van der Waals surface area contributed by atoms with Crippen LogP contribution in [0.15, 0.2) is 60.7 Å². The fraction of sp³-hybridized carbons (Fsp3) is 0.562. The predicted octanol–water partition coefficient (Wildman–Crippen LogP) is 5.46. The third-order valence-corrected chi connectivity index (χ3v) is 6.41. The number of carbonyl (C=O) groups excluding carboxylic acids is 2. The van der Waals surface area contributed by atoms with Crippen LogP contribution in [0.25, 0.3) is 0 Å². The first-order valence-corrected chi connectivity index (χ1v) is 14.5. The average molecular weight is 556 g/mol. The Hall–Kier alpha value is -2.94. The topological polar surface area (TPSA) is 103 Å². The molecule has 0 aliphatic heterocycles. The summed E-state index contributed by atoms with van der Waals surface area (Å²) in [5.74, 6) is 0.00914. The molecule has 2 aromatic carbocycles. The highest BCUT2D eigenvalue weighted by molar-refractivity contribution is 5.81. The molecule has 0 heterocycles. The van der Waals surface area contributed by atoms with Gasteiger partial charge in [0.1, 0.15) is 5.60 Å². The van der Waals surface area contributed by atoms with Gasteiger partial charge in [-0.3, -0.25) is 4.79 Å². The first-order valence-electron chi connectivity index (χ1n) is 14.5. The predicted molar refractivity (Wildman–Crippen MR) is 159 cm³/mol. The van der Waals surface area contributed by atoms with Gasteiger partial charge in [0.15, 0.2) is 6.29 Å². The maximum Gasteiger partial charge on any atom is 0.407 e. The van der Waals surface area contributed by atoms with Gasteiger partial charge in [-0.2, -0.15) is 0 Å². The quantitative estimate of drug-likeness (QED) is 0.199. The van der Waals surface area contributed by atoms with E-state index in [0.29, 0.717) is 52.1 Å². The van der Waals surface area contributed by atoms with E-state index in [9.17, 15) is 9.59 Å². The van der Waals surface area contributed by atoms with E-state index < -0.39 is 24.0 Å². The molecule has 2 amide bonds. The minimum atomic E-state index is -0.655. The summed E-state index contributed by atoms with van der Waals surface area (Å²) >= 11 is 0. The van der Waals surface area contributed by atoms with Gasteiger partial charge in [0.2, 0.25) is 5.91 Å². The summed E-state index contributed by atoms with van der Waals surface area (Å²) < 4.78 is 16.8. The lowest BCUT2D eigenvalue weighted by Crippen LogP contribution is -2.48. The van der Waals surface area contributed by atoms with Gasteiger partial charge in [0, 0.05) is 32.2 Å². The van der Waals surface area contributed by atoms with Gasteiger partial charge in [0.05, 0.1) is 12.6 Å². The molecule has 1 atom stereocenters. The van der Waals surface area contributed by atoms with Gasteiger partial charge in [-0.15, -0.1) is 0 Å². The minimum absolute atomic E-state index is 0.121. The number of carbonyl (C=O) groups is 2. The molecule has 8 nitrogen and oxygen atoms in total. The van der Waals surface area contributed by atoms with Crippen LogP contribution in [0.1, 0.15) is 77.3 Å². The molecule has 0 aliphatic rings. The molecule has 2 aromatic rings. The zero-order valence-electron chi connectivity index (χ0n) is 24.9. The highest BCUT2D eigenvalue weighted by Gasteiger charge is 2.26. The molecule has 0 spiro atoms. The van der Waals surface area contributed by atoms with Gasteiger partial charge < -0.3 is 30.2 Å². The van der Waals surface area contributed by atoms with Gasteiger partial charge in [0.25, 0.3) is 0 Å². The molecule has 0 fully saturated rings. The van der Waals surface area contributed by atoms with Crippen LogP contribution >= 0.6 is 0 Å². The van der Waals surface area contributed by atoms with Crippen LogP contribution in [0, 0.1) is 0 Å². The Balaban J connectivity index is 2.05. The Labute approximate surface area is 240 Å². The first kappa shape index (κ1) is 33.3. The van der Waals surface area contributed by atoms with Crippen LogP contribution in [0.2, 0.25) is 0 Å². The lowest BCUT2D eigenvalue weighted by atomic mass is 9.88. The maximum atomic E-state index is 13.6. The van der Waals surface area contributed by atoms with Crippen molar-refractivity contribution in [3.8, 4) is 0 Å². The van der Waals surface area contributed by atoms with Crippen LogP contribution in [0.4, 0.5) is 4.79 Å². The molecule has 40 heavy (non-hydrogen) atoms. The zero-order valence-corrected chi connectivity index (χ0v) is 24.9. The summed E-state index contributed by atoms with van der Waals surface area (Å²) in [6.45, 7) is 11.6. The van der Waals surface area contributed by atoms with E-state index in [1.165, 1.54) is 11.1 Å². The van der Waals surface area contributed by atoms with Crippen molar-refractivity contribution in [3.63, 3.8) is 0 Å². The Morgan fingerprint density at radius 3 is 1.93 bits per heavy atom. The van der Waals surface area contributed by atoms with Crippen LogP contribution in [0.5, 0.6) is 0 Å². The smallest absolute Gasteiger partial charge is 0.407 e. The first-order chi connectivity index (χ1) is 19.1. The molecule has 0 aliphatic carbocycles. The fourth-order valence-corrected chi connectivity index (χ4v) is 4.53. The number of nitrogens with one attached hydrogen (secondary N) is 1. The second-order valence-corrected chi connectivity index (χ2v) is 10.8. The number of alkyl carbamates (subject to hydrolysis) is 1. The summed E-state index contributed by atoms with van der Waals surface area (Å²) in [6.07, 6.45) is 1.69. The van der Waals surface area contributed by atoms with Crippen LogP contribution in [0.3, 0.4) is 0 Å². The molecule has 3 N–H and O–H groups in total. The van der Waals surface area contributed by atoms with Crippen molar-refractivity contribution in [2.24, 2.45) is 5.73 Å². The summed E-state index contributed by atoms with van der Waals surface area (Å²) in [4.78, 5) is 27.2. The highest BCUT2D eigenvalue weighted by Crippen LogP contribution is 2.28. The molecule has 0 saturated heterocycles. The molecule has 8 heteroatoms. The van der Waals surface area contributed by atoms with Gasteiger partial charge in [-0.05, 0) is 71.4 Å². The largest absolute Gasteiger partial charge is 0.444 e. The van der Waals surface area contributed by atoms with Crippen molar-refractivity contribution in [2.75, 3.05) is 32.8 Å². The van der Waals surface area contributed by atoms with E-state index in [-0.39, 0.29) is 11.8 Å². The summed E-state index contributed by atoms with van der Waals surface area (Å²) in [7, 11) is 0. The van der Waals surface area contributed by atoms with Gasteiger partial charge in [-0.1, -0.05) is 60.7 Å². The number of rotatable bonds is 17. The number of unbranched alkanes of at least 4 members (excludes halogenated alkanes) is 1. The van der Waals surface area contributed by atoms with E-state index in [4.69, 9.17) is 19.9 Å². The molecule has 2 rings (SSSR count). The number of ether oxygens (including phenoxy) is 3. The van der Waals surface area contributed by atoms with E-state index in [2.05, 4.69) is 29.6 Å². The number of nitrogens with two attached hydrogens (primary N) is 1. The van der Waals surface area contributed by atoms with E-state index in [1.807, 2.05) is 71.0 Å². The molecule has 0 saturated carbocycles. The number of amides is 2. The van der Waals surface area contributed by atoms with Crippen LogP contribution in [-0.4, -0.2) is 67.7 Å². The Kier molecular flexibility index (Phi) is 14.7. The number of hydrogen-bond acceptors (Lipinski definition) is 6. The van der Waals surface area contributed by atoms with Crippen LogP contribution < -0.4 is 11.1 Å². The van der Waals surface area contributed by atoms with Crippen molar-refractivity contribution in [1.82, 2.24) is 10.2 Å². The Morgan fingerprint density at radius 1 is 0.875 bits per heavy atom. The van der Waals surface area contributed by atoms with Crippen molar-refractivity contribution < 1.29 is 23.8 Å². The molecule has 0 unspecified atom stereocenters. The lowest BCUT2D eigenvalue weighted by molar-refractivity contribution is -0.159. The van der Waals surface area contributed by atoms with Crippen molar-refractivity contribution >= 4 is 12.0 Å². The molecule has 222 valence electrons. The molecule has 0 bridgehead atoms. The van der Waals surface area contributed by atoms with Crippen molar-refractivity contribution in [2.45, 2.75) is 84.2 Å². The molecular weight excluding hydrogens is 506 g/mol. The molecule has 0 aromatic heterocycles. The lowest BCUT2D eigenvalue weighted by Gasteiger charge is -2.31. The number of hydrogen-bond donors (Lipinski definition) is 2. The Morgan fingerprint density at radius 2 is 1.43 bits per heavy atom. The van der Waals surface area contributed by atoms with Crippen LogP contribution in [-0.2, 0) is 19.0 Å². The Bertz CT molecular complexity index is 936. The normalized spacial score (nSPS) is 12.4. The third-order valence-electron chi connectivity index (χ3n) is 6.41. The highest BCUT2D eigenvalue weighted by atomic mass is 16.7. The summed E-state index contributed by atoms with van der Waals surface area (Å²) in [6, 6.07) is 20.1. The van der Waals surface area contributed by atoms with E-state index in [1.54, 1.807) is 4.90 Å². The van der Waals surface area contributed by atoms with E-state index >= 15 is 0 Å². The monoisotopic (exact) mass is 555 g/mol. The molecular formula is C32H49N3O5. The average Bonchev–Trinajstić information content (AvgIpc) is 2.92. The second-order valence-electron chi connectivity index (χ2n) is 10.8. The fourth-order valence-electron chi connectivity index (χ4n) is 4.53. The zero-order chi connectivity index (χ0) is 29.4. The summed E-state index contributed by atoms with van der Waals surface area (Å²) in [5, 5.41) is 2.75. The molecule has 0 radical (unpaired) electrons. The van der Waals surface area contributed by atoms with Gasteiger partial charge in [-0.25, -0.2) is 4.79 Å².